The van der Waals surface area contributed by atoms with Crippen LogP contribution in [0, 0.1) is 0 Å². The van der Waals surface area contributed by atoms with Crippen LogP contribution in [0.5, 0.6) is 0 Å². The fraction of sp³-hybridized carbons (Fsp3) is 0.600. The van der Waals surface area contributed by atoms with E-state index < -0.39 is 50.0 Å². The molecular weight excluding hydrogens is 307 g/mol. The van der Waals surface area contributed by atoms with Crippen molar-refractivity contribution in [3.05, 3.63) is 33.1 Å². The van der Waals surface area contributed by atoms with Gasteiger partial charge in [0.1, 0.15) is 25.9 Å². The molecule has 3 N–H and O–H groups in total. The molecule has 10 nitrogen and oxygen atoms in total. The minimum Gasteiger partial charge on any atom is -0.779 e. The van der Waals surface area contributed by atoms with E-state index in [1.807, 2.05) is 4.98 Å². The molecule has 118 valence electrons. The molecule has 0 aliphatic carbocycles. The van der Waals surface area contributed by atoms with Gasteiger partial charge in [-0.2, -0.15) is 0 Å². The maximum atomic E-state index is 11.7. The maximum absolute atomic E-state index is 11.7. The van der Waals surface area contributed by atoms with Crippen molar-refractivity contribution in [3.8, 4) is 0 Å². The number of ether oxygens (including phenoxy) is 1. The van der Waals surface area contributed by atoms with Crippen LogP contribution in [0.15, 0.2) is 21.9 Å². The second kappa shape index (κ2) is 5.84. The van der Waals surface area contributed by atoms with Crippen LogP contribution in [-0.2, 0) is 13.8 Å². The largest absolute Gasteiger partial charge is 0.779 e. The Labute approximate surface area is 118 Å². The van der Waals surface area contributed by atoms with E-state index in [1.54, 1.807) is 0 Å². The van der Waals surface area contributed by atoms with Gasteiger partial charge in [0.15, 0.2) is 6.23 Å². The van der Waals surface area contributed by atoms with E-state index in [1.165, 1.54) is 0 Å². The van der Waals surface area contributed by atoms with Crippen molar-refractivity contribution in [2.24, 2.45) is 0 Å². The molecule has 1 aromatic rings. The number of H-pyrrole nitrogens is 1. The fourth-order valence-corrected chi connectivity index (χ4v) is 2.73. The van der Waals surface area contributed by atoms with Gasteiger partial charge in [0, 0.05) is 18.9 Å². The summed E-state index contributed by atoms with van der Waals surface area (Å²) in [6, 6.07) is 1.03. The molecule has 5 atom stereocenters. The lowest BCUT2D eigenvalue weighted by Gasteiger charge is -2.28. The average molecular weight is 321 g/mol. The van der Waals surface area contributed by atoms with E-state index >= 15 is 0 Å². The highest BCUT2D eigenvalue weighted by Crippen LogP contribution is 2.41. The Kier molecular flexibility index (Phi) is 4.47. The molecule has 1 fully saturated rings. The summed E-state index contributed by atoms with van der Waals surface area (Å²) in [6.07, 6.45) is -4.21. The van der Waals surface area contributed by atoms with E-state index in [0.717, 1.165) is 23.5 Å². The molecule has 0 saturated carbocycles. The number of aromatic amines is 1. The summed E-state index contributed by atoms with van der Waals surface area (Å²) in [5.41, 5.74) is -1.50. The van der Waals surface area contributed by atoms with Crippen molar-refractivity contribution >= 4 is 7.60 Å². The first-order valence-electron chi connectivity index (χ1n) is 5.95. The molecule has 1 aliphatic heterocycles. The molecule has 0 radical (unpaired) electrons. The van der Waals surface area contributed by atoms with Crippen LogP contribution >= 0.6 is 7.60 Å². The number of nitrogens with one attached hydrogen (secondary N) is 1. The van der Waals surface area contributed by atoms with E-state index in [0.29, 0.717) is 0 Å². The number of rotatable bonds is 4. The lowest BCUT2D eigenvalue weighted by atomic mass is 10.1. The molecule has 2 heterocycles. The molecule has 1 unspecified atom stereocenters. The van der Waals surface area contributed by atoms with E-state index in [2.05, 4.69) is 0 Å². The Morgan fingerprint density at radius 1 is 1.57 bits per heavy atom. The average Bonchev–Trinajstić information content (AvgIpc) is 2.65. The summed E-state index contributed by atoms with van der Waals surface area (Å²) in [5, 5.41) is 19.0. The summed E-state index contributed by atoms with van der Waals surface area (Å²) in [7, 11) is -4.23. The summed E-state index contributed by atoms with van der Waals surface area (Å²) in [5.74, 6) is 0. The Morgan fingerprint density at radius 2 is 2.24 bits per heavy atom. The first-order chi connectivity index (χ1) is 9.73. The zero-order valence-electron chi connectivity index (χ0n) is 10.9. The maximum Gasteiger partial charge on any atom is 0.330 e. The lowest BCUT2D eigenvalue weighted by molar-refractivity contribution is -0.206. The summed E-state index contributed by atoms with van der Waals surface area (Å²) >= 11 is 0. The van der Waals surface area contributed by atoms with Gasteiger partial charge in [0.2, 0.25) is 0 Å². The predicted molar refractivity (Wildman–Crippen MR) is 66.7 cm³/mol. The van der Waals surface area contributed by atoms with Gasteiger partial charge >= 0.3 is 5.69 Å². The molecule has 11 heteroatoms. The quantitative estimate of drug-likeness (QED) is 0.508. The second-order valence-corrected chi connectivity index (χ2v) is 6.35. The normalized spacial score (nSPS) is 32.0. The highest BCUT2D eigenvalue weighted by molar-refractivity contribution is 7.50. The number of hydrogen-bond acceptors (Lipinski definition) is 8. The van der Waals surface area contributed by atoms with E-state index in [9.17, 15) is 24.2 Å². The van der Waals surface area contributed by atoms with Crippen molar-refractivity contribution in [3.63, 3.8) is 0 Å². The zero-order chi connectivity index (χ0) is 15.8. The smallest absolute Gasteiger partial charge is 0.330 e. The van der Waals surface area contributed by atoms with Crippen molar-refractivity contribution < 1.29 is 28.9 Å². The predicted octanol–water partition coefficient (Wildman–Crippen LogP) is -2.64. The first kappa shape index (κ1) is 16.1. The van der Waals surface area contributed by atoms with Crippen molar-refractivity contribution in [1.29, 1.82) is 0 Å². The molecule has 1 aliphatic rings. The molecule has 0 spiro atoms. The van der Waals surface area contributed by atoms with Gasteiger partial charge in [-0.1, -0.05) is 0 Å². The third kappa shape index (κ3) is 3.49. The Hall–Kier alpha value is -1.29. The topological polar surface area (TPSA) is 154 Å². The van der Waals surface area contributed by atoms with Gasteiger partial charge in [-0.15, -0.1) is 0 Å². The summed E-state index contributed by atoms with van der Waals surface area (Å²) < 4.78 is 22.2. The minimum absolute atomic E-state index is 0.595. The Balaban J connectivity index is 2.41. The van der Waals surface area contributed by atoms with Gasteiger partial charge in [-0.05, 0) is 0 Å². The van der Waals surface area contributed by atoms with Gasteiger partial charge in [0.25, 0.3) is 5.56 Å². The van der Waals surface area contributed by atoms with Gasteiger partial charge < -0.3 is 28.9 Å². The third-order valence-electron chi connectivity index (χ3n) is 2.93. The van der Waals surface area contributed by atoms with Gasteiger partial charge in [0.05, 0.1) is 6.61 Å². The van der Waals surface area contributed by atoms with Crippen LogP contribution in [0.4, 0.5) is 0 Å². The minimum atomic E-state index is -4.23. The Morgan fingerprint density at radius 3 is 2.76 bits per heavy atom. The molecule has 0 amide bonds. The zero-order valence-corrected chi connectivity index (χ0v) is 11.8. The highest BCUT2D eigenvalue weighted by Gasteiger charge is 2.46. The van der Waals surface area contributed by atoms with Crippen LogP contribution in [0.25, 0.3) is 0 Å². The highest BCUT2D eigenvalue weighted by atomic mass is 31.2. The molecule has 0 bridgehead atoms. The van der Waals surface area contributed by atoms with E-state index in [4.69, 9.17) is 14.4 Å². The number of hydrogen-bond donors (Lipinski definition) is 3. The van der Waals surface area contributed by atoms with Crippen molar-refractivity contribution in [2.75, 3.05) is 13.3 Å². The van der Waals surface area contributed by atoms with Crippen LogP contribution in [0.2, 0.25) is 0 Å². The molecule has 1 aromatic heterocycles. The van der Waals surface area contributed by atoms with Crippen LogP contribution in [0.3, 0.4) is 0 Å². The van der Waals surface area contributed by atoms with Crippen molar-refractivity contribution in [1.82, 2.24) is 9.55 Å². The first-order valence-corrected chi connectivity index (χ1v) is 7.94. The van der Waals surface area contributed by atoms with Gasteiger partial charge in [-0.25, -0.2) is 4.79 Å². The molecular formula is C10H14N2O8P-. The third-order valence-corrected chi connectivity index (χ3v) is 3.56. The summed E-state index contributed by atoms with van der Waals surface area (Å²) in [4.78, 5) is 36.0. The molecule has 1 saturated heterocycles. The number of aromatic nitrogens is 2. The monoisotopic (exact) mass is 321 g/mol. The summed E-state index contributed by atoms with van der Waals surface area (Å²) in [6.45, 7) is 0.210. The SMILES string of the molecule is CP(=O)([O-])O[C@@H]1[C@H](O)[C@@H](CO)O[C@H]1n1ccc(=O)[nH]c1=O. The molecule has 21 heavy (non-hydrogen) atoms. The fourth-order valence-electron chi connectivity index (χ4n) is 2.06. The van der Waals surface area contributed by atoms with Crippen LogP contribution in [-0.4, -0.2) is 51.3 Å². The standard InChI is InChI=1S/C10H15N2O8P/c1-21(17,18)20-8-7(15)5(4-13)19-9(8)12-3-2-6(14)11-10(12)16/h2-3,5,7-9,13,15H,4H2,1H3,(H,17,18)(H,11,14,16)/p-1/t5-,7-,8-,9-/m1/s1. The second-order valence-electron chi connectivity index (χ2n) is 4.60. The van der Waals surface area contributed by atoms with Crippen LogP contribution in [0.1, 0.15) is 6.23 Å². The Bertz CT molecular complexity index is 664. The number of aliphatic hydroxyl groups excluding tert-OH is 2. The molecule has 0 aromatic carbocycles. The molecule has 2 rings (SSSR count). The number of nitrogens with zero attached hydrogens (tertiary/aromatic N) is 1. The van der Waals surface area contributed by atoms with Crippen molar-refractivity contribution in [2.45, 2.75) is 24.5 Å². The van der Waals surface area contributed by atoms with Gasteiger partial charge in [-0.3, -0.25) is 14.3 Å². The van der Waals surface area contributed by atoms with Crippen LogP contribution < -0.4 is 16.1 Å². The number of aliphatic hydroxyl groups is 2. The van der Waals surface area contributed by atoms with E-state index in [-0.39, 0.29) is 0 Å². The lowest BCUT2D eigenvalue weighted by Crippen LogP contribution is -2.39.